The molecule has 0 aromatic heterocycles. The number of amides is 1. The third-order valence-corrected chi connectivity index (χ3v) is 0.305. The van der Waals surface area contributed by atoms with Crippen molar-refractivity contribution >= 4 is 12.5 Å². The first-order valence-electron chi connectivity index (χ1n) is 1.26. The Kier molecular flexibility index (Phi) is 0.506. The van der Waals surface area contributed by atoms with Gasteiger partial charge in [0.2, 0.25) is 0 Å². The highest BCUT2D eigenvalue weighted by molar-refractivity contribution is 5.79. The van der Waals surface area contributed by atoms with Crippen LogP contribution in [-0.4, -0.2) is 12.5 Å². The molecule has 0 N–H and O–H groups in total. The Morgan fingerprint density at radius 1 is 1.83 bits per heavy atom. The summed E-state index contributed by atoms with van der Waals surface area (Å²) in [6.07, 6.45) is 1.18. The first kappa shape index (κ1) is 3.14. The Morgan fingerprint density at radius 3 is 2.83 bits per heavy atom. The lowest BCUT2D eigenvalue weighted by Crippen LogP contribution is -2.00. The zero-order valence-electron chi connectivity index (χ0n) is 2.71. The summed E-state index contributed by atoms with van der Waals surface area (Å²) < 4.78 is 3.93. The Morgan fingerprint density at radius 2 is 2.67 bits per heavy atom. The van der Waals surface area contributed by atoms with E-state index in [0.717, 1.165) is 0 Å². The van der Waals surface area contributed by atoms with Crippen LogP contribution in [0.15, 0.2) is 5.10 Å². The Bertz CT molecular complexity index is 87.7. The number of hydrogen-bond donors (Lipinski definition) is 0. The summed E-state index contributed by atoms with van der Waals surface area (Å²) in [6, 6.07) is 0. The van der Waals surface area contributed by atoms with Crippen LogP contribution in [0.3, 0.4) is 0 Å². The van der Waals surface area contributed by atoms with E-state index in [0.29, 0.717) is 0 Å². The van der Waals surface area contributed by atoms with Crippen LogP contribution >= 0.6 is 0 Å². The molecule has 0 saturated carbocycles. The second-order valence-corrected chi connectivity index (χ2v) is 0.659. The lowest BCUT2D eigenvalue weighted by Gasteiger charge is -1.72. The van der Waals surface area contributed by atoms with Crippen molar-refractivity contribution in [3.63, 3.8) is 0 Å². The summed E-state index contributed by atoms with van der Waals surface area (Å²) in [6.45, 7) is 0. The fourth-order valence-electron chi connectivity index (χ4n) is 0.141. The molecule has 0 unspecified atom stereocenters. The van der Waals surface area contributed by atoms with Gasteiger partial charge in [0, 0.05) is 0 Å². The highest BCUT2D eigenvalue weighted by atomic mass is 16.6. The molecular weight excluding hydrogens is 84.0 g/mol. The molecule has 4 heteroatoms. The van der Waals surface area contributed by atoms with Gasteiger partial charge in [0.1, 0.15) is 0 Å². The Balaban J connectivity index is 2.52. The third kappa shape index (κ3) is 0.314. The van der Waals surface area contributed by atoms with Crippen LogP contribution in [-0.2, 0) is 4.74 Å². The number of hydrogen-bond acceptors (Lipinski definition) is 3. The summed E-state index contributed by atoms with van der Waals surface area (Å²) in [7, 11) is 0. The van der Waals surface area contributed by atoms with E-state index in [1.165, 1.54) is 0 Å². The molecule has 2 radical (unpaired) electrons. The largest absolute Gasteiger partial charge is 0.459 e. The lowest BCUT2D eigenvalue weighted by atomic mass is 11.2. The van der Waals surface area contributed by atoms with E-state index in [1.54, 1.807) is 0 Å². The molecule has 0 aromatic carbocycles. The summed E-state index contributed by atoms with van der Waals surface area (Å²) in [4.78, 5) is 9.70. The van der Waals surface area contributed by atoms with Gasteiger partial charge < -0.3 is 4.74 Å². The number of carbonyl (C=O) groups is 1. The van der Waals surface area contributed by atoms with Crippen molar-refractivity contribution in [1.82, 2.24) is 5.43 Å². The van der Waals surface area contributed by atoms with Crippen LogP contribution in [0.1, 0.15) is 0 Å². The van der Waals surface area contributed by atoms with Crippen LogP contribution in [0.5, 0.6) is 0 Å². The Hall–Kier alpha value is -1.06. The maximum atomic E-state index is 9.70. The molecule has 1 aliphatic heterocycles. The maximum Gasteiger partial charge on any atom is 0.459 e. The standard InChI is InChI=1S/C2N2O2/c5-2-4-3-1-6-2. The molecule has 0 bridgehead atoms. The van der Waals surface area contributed by atoms with Gasteiger partial charge in [-0.1, -0.05) is 10.5 Å². The second kappa shape index (κ2) is 0.965. The number of carbonyl (C=O) groups excluding carboxylic acids is 1. The smallest absolute Gasteiger partial charge is 0.381 e. The fraction of sp³-hybridized carbons (Fsp3) is 0. The van der Waals surface area contributed by atoms with Crippen LogP contribution in [0.25, 0.3) is 0 Å². The van der Waals surface area contributed by atoms with Crippen molar-refractivity contribution < 1.29 is 9.53 Å². The molecule has 0 fully saturated rings. The van der Waals surface area contributed by atoms with E-state index in [1.807, 2.05) is 6.40 Å². The molecule has 6 heavy (non-hydrogen) atoms. The van der Waals surface area contributed by atoms with Crippen molar-refractivity contribution in [1.29, 1.82) is 0 Å². The molecule has 0 aromatic rings. The minimum Gasteiger partial charge on any atom is -0.381 e. The topological polar surface area (TPSA) is 52.8 Å². The molecule has 0 saturated heterocycles. The molecule has 30 valence electrons. The molecule has 0 atom stereocenters. The van der Waals surface area contributed by atoms with Crippen LogP contribution in [0, 0.1) is 0 Å². The summed E-state index contributed by atoms with van der Waals surface area (Å²) in [5, 5.41) is 2.97. The summed E-state index contributed by atoms with van der Waals surface area (Å²) >= 11 is 0. The number of nitrogens with zero attached hydrogens (tertiary/aromatic N) is 2. The second-order valence-electron chi connectivity index (χ2n) is 0.659. The number of rotatable bonds is 0. The van der Waals surface area contributed by atoms with Crippen LogP contribution in [0.4, 0.5) is 4.79 Å². The van der Waals surface area contributed by atoms with E-state index in [4.69, 9.17) is 0 Å². The average Bonchev–Trinajstić information content (AvgIpc) is 1.86. The van der Waals surface area contributed by atoms with E-state index >= 15 is 0 Å². The van der Waals surface area contributed by atoms with Gasteiger partial charge in [-0.25, -0.2) is 4.79 Å². The zero-order chi connectivity index (χ0) is 4.41. The lowest BCUT2D eigenvalue weighted by molar-refractivity contribution is 0.207. The molecule has 4 nitrogen and oxygen atoms in total. The normalized spacial score (nSPS) is 17.0. The van der Waals surface area contributed by atoms with Crippen molar-refractivity contribution in [3.8, 4) is 0 Å². The maximum absolute atomic E-state index is 9.70. The van der Waals surface area contributed by atoms with Gasteiger partial charge in [-0.15, -0.1) is 0 Å². The van der Waals surface area contributed by atoms with Crippen molar-refractivity contribution in [3.05, 3.63) is 0 Å². The first-order chi connectivity index (χ1) is 2.89. The van der Waals surface area contributed by atoms with Gasteiger partial charge in [-0.05, 0) is 0 Å². The van der Waals surface area contributed by atoms with Crippen molar-refractivity contribution in [2.75, 3.05) is 0 Å². The number of ether oxygens (including phenoxy) is 1. The minimum absolute atomic E-state index is 0.699. The predicted octanol–water partition coefficient (Wildman–Crippen LogP) is -0.439. The van der Waals surface area contributed by atoms with Crippen molar-refractivity contribution in [2.45, 2.75) is 0 Å². The average molecular weight is 84.0 g/mol. The van der Waals surface area contributed by atoms with Gasteiger partial charge in [-0.3, -0.25) is 0 Å². The summed E-state index contributed by atoms with van der Waals surface area (Å²) in [5.41, 5.74) is 2.89. The monoisotopic (exact) mass is 84.0 g/mol. The Labute approximate surface area is 33.8 Å². The van der Waals surface area contributed by atoms with Gasteiger partial charge in [0.25, 0.3) is 0 Å². The van der Waals surface area contributed by atoms with Crippen LogP contribution < -0.4 is 5.43 Å². The molecule has 1 heterocycles. The SMILES string of the molecule is O=C1[N]N=[C]O1. The first-order valence-corrected chi connectivity index (χ1v) is 1.26. The highest BCUT2D eigenvalue weighted by Crippen LogP contribution is 1.80. The quantitative estimate of drug-likeness (QED) is 0.399. The van der Waals surface area contributed by atoms with Crippen LogP contribution in [0.2, 0.25) is 0 Å². The zero-order valence-corrected chi connectivity index (χ0v) is 2.71. The van der Waals surface area contributed by atoms with Crippen molar-refractivity contribution in [2.24, 2.45) is 5.10 Å². The van der Waals surface area contributed by atoms with E-state index < -0.39 is 6.09 Å². The van der Waals surface area contributed by atoms with Gasteiger partial charge in [-0.2, -0.15) is 0 Å². The minimum atomic E-state index is -0.699. The van der Waals surface area contributed by atoms with Gasteiger partial charge >= 0.3 is 12.5 Å². The molecule has 1 rings (SSSR count). The van der Waals surface area contributed by atoms with Gasteiger partial charge in [0.05, 0.1) is 0 Å². The number of cyclic esters (lactones) is 1. The molecule has 0 spiro atoms. The predicted molar refractivity (Wildman–Crippen MR) is 16.0 cm³/mol. The molecule has 1 amide bonds. The molecule has 1 aliphatic rings. The molecular formula is C2N2O2. The van der Waals surface area contributed by atoms with E-state index in [9.17, 15) is 4.79 Å². The highest BCUT2D eigenvalue weighted by Gasteiger charge is 2.05. The molecule has 0 aliphatic carbocycles. The fourth-order valence-corrected chi connectivity index (χ4v) is 0.141. The van der Waals surface area contributed by atoms with E-state index in [2.05, 4.69) is 15.3 Å². The van der Waals surface area contributed by atoms with Gasteiger partial charge in [0.15, 0.2) is 0 Å². The summed E-state index contributed by atoms with van der Waals surface area (Å²) in [5.74, 6) is 0. The third-order valence-electron chi connectivity index (χ3n) is 0.305. The van der Waals surface area contributed by atoms with E-state index in [-0.39, 0.29) is 0 Å².